The molecule has 0 amide bonds. The van der Waals surface area contributed by atoms with Gasteiger partial charge in [0.05, 0.1) is 0 Å². The van der Waals surface area contributed by atoms with Crippen LogP contribution in [0.25, 0.3) is 0 Å². The van der Waals surface area contributed by atoms with Gasteiger partial charge in [0.25, 0.3) is 0 Å². The smallest absolute Gasteiger partial charge is 0.186 e. The van der Waals surface area contributed by atoms with Gasteiger partial charge in [0.1, 0.15) is 0 Å². The Morgan fingerprint density at radius 3 is 1.63 bits per heavy atom. The zero-order valence-corrected chi connectivity index (χ0v) is 18.4. The zero-order valence-electron chi connectivity index (χ0n) is 18.4. The first-order chi connectivity index (χ1) is 12.4. The first-order valence-electron chi connectivity index (χ1n) is 10.0. The topological polar surface area (TPSA) is 23.1 Å². The highest BCUT2D eigenvalue weighted by atomic mass is 16.3. The fourth-order valence-corrected chi connectivity index (χ4v) is 3.37. The number of nitrogens with zero attached hydrogens (tertiary/aromatic N) is 1. The molecule has 0 aliphatic carbocycles. The summed E-state index contributed by atoms with van der Waals surface area (Å²) in [6, 6.07) is 15.3. The Morgan fingerprint density at radius 1 is 0.778 bits per heavy atom. The summed E-state index contributed by atoms with van der Waals surface area (Å²) < 4.78 is 0. The maximum atomic E-state index is 13.1. The quantitative estimate of drug-likeness (QED) is 0.568. The van der Waals surface area contributed by atoms with Crippen molar-refractivity contribution in [3.05, 3.63) is 64.7 Å². The first-order valence-corrected chi connectivity index (χ1v) is 10.0. The molecule has 2 nitrogen and oxygen atoms in total. The summed E-state index contributed by atoms with van der Waals surface area (Å²) in [5.74, 6) is 0.206. The van der Waals surface area contributed by atoms with Crippen LogP contribution in [0.2, 0.25) is 0 Å². The molecule has 0 aliphatic heterocycles. The van der Waals surface area contributed by atoms with Crippen molar-refractivity contribution in [3.8, 4) is 5.75 Å². The second kappa shape index (κ2) is 8.06. The maximum Gasteiger partial charge on any atom is 0.186 e. The summed E-state index contributed by atoms with van der Waals surface area (Å²) in [6.07, 6.45) is 0. The van der Waals surface area contributed by atoms with Gasteiger partial charge >= 0.3 is 0 Å². The Kier molecular flexibility index (Phi) is 6.42. The van der Waals surface area contributed by atoms with Crippen LogP contribution in [-0.2, 0) is 29.0 Å². The average molecular weight is 367 g/mol. The molecule has 0 heterocycles. The van der Waals surface area contributed by atoms with Crippen molar-refractivity contribution in [3.63, 3.8) is 0 Å². The molecule has 147 valence electrons. The highest BCUT2D eigenvalue weighted by molar-refractivity contribution is 5.49. The van der Waals surface area contributed by atoms with Crippen molar-refractivity contribution in [1.29, 1.82) is 0 Å². The third-order valence-corrected chi connectivity index (χ3v) is 5.11. The number of hydrogen-bond donors (Lipinski definition) is 0. The van der Waals surface area contributed by atoms with Crippen molar-refractivity contribution in [2.45, 2.75) is 85.4 Å². The molecule has 0 aromatic heterocycles. The van der Waals surface area contributed by atoms with E-state index in [0.717, 1.165) is 24.2 Å². The lowest BCUT2D eigenvalue weighted by molar-refractivity contribution is 0.203. The highest BCUT2D eigenvalue weighted by Crippen LogP contribution is 2.40. The number of benzene rings is 2. The van der Waals surface area contributed by atoms with Crippen molar-refractivity contribution in [2.75, 3.05) is 0 Å². The average Bonchev–Trinajstić information content (AvgIpc) is 2.54. The van der Waals surface area contributed by atoms with E-state index in [0.29, 0.717) is 6.04 Å². The fourth-order valence-electron chi connectivity index (χ4n) is 3.37. The van der Waals surface area contributed by atoms with Crippen molar-refractivity contribution >= 4 is 0 Å². The van der Waals surface area contributed by atoms with Gasteiger partial charge < -0.3 is 0 Å². The minimum atomic E-state index is -0.158. The van der Waals surface area contributed by atoms with E-state index in [1.807, 2.05) is 0 Å². The van der Waals surface area contributed by atoms with E-state index in [1.165, 1.54) is 11.1 Å². The molecule has 2 aromatic carbocycles. The summed E-state index contributed by atoms with van der Waals surface area (Å²) in [6.45, 7) is 19.0. The molecule has 0 saturated carbocycles. The van der Waals surface area contributed by atoms with Gasteiger partial charge in [0.15, 0.2) is 5.75 Å². The molecule has 27 heavy (non-hydrogen) atoms. The van der Waals surface area contributed by atoms with E-state index in [1.54, 1.807) is 0 Å². The fraction of sp³-hybridized carbons (Fsp3) is 0.520. The van der Waals surface area contributed by atoms with Crippen LogP contribution in [0.1, 0.15) is 77.6 Å². The standard InChI is InChI=1S/C25H36NO/c1-18(2)26(16-19-12-10-9-11-13-19)17-20-14-21(24(3,4)5)23(27)22(15-20)25(6,7)8/h9-15,18H,16-17H2,1-8H3. The third-order valence-electron chi connectivity index (χ3n) is 5.11. The van der Waals surface area contributed by atoms with Crippen molar-refractivity contribution < 1.29 is 5.11 Å². The largest absolute Gasteiger partial charge is 0.292 e. The summed E-state index contributed by atoms with van der Waals surface area (Å²) in [5.41, 5.74) is 4.08. The molecule has 0 atom stereocenters. The van der Waals surface area contributed by atoms with Crippen LogP contribution in [0.15, 0.2) is 42.5 Å². The molecule has 0 unspecified atom stereocenters. The van der Waals surface area contributed by atoms with E-state index < -0.39 is 0 Å². The van der Waals surface area contributed by atoms with Crippen LogP contribution in [0.4, 0.5) is 0 Å². The Bertz CT molecular complexity index is 713. The lowest BCUT2D eigenvalue weighted by Gasteiger charge is -2.30. The second-order valence-corrected chi connectivity index (χ2v) is 10.0. The van der Waals surface area contributed by atoms with Crippen LogP contribution in [-0.4, -0.2) is 10.9 Å². The molecule has 2 rings (SSSR count). The number of rotatable bonds is 5. The van der Waals surface area contributed by atoms with Crippen LogP contribution in [0.3, 0.4) is 0 Å². The lowest BCUT2D eigenvalue weighted by atomic mass is 9.78. The van der Waals surface area contributed by atoms with E-state index >= 15 is 0 Å². The predicted octanol–water partition coefficient (Wildman–Crippen LogP) is 6.84. The van der Waals surface area contributed by atoms with Crippen molar-refractivity contribution in [1.82, 2.24) is 4.90 Å². The van der Waals surface area contributed by atoms with Crippen LogP contribution in [0, 0.1) is 0 Å². The lowest BCUT2D eigenvalue weighted by Crippen LogP contribution is -2.30. The number of hydrogen-bond acceptors (Lipinski definition) is 1. The van der Waals surface area contributed by atoms with Gasteiger partial charge in [0, 0.05) is 30.3 Å². The Balaban J connectivity index is 2.43. The second-order valence-electron chi connectivity index (χ2n) is 10.0. The minimum Gasteiger partial charge on any atom is -0.292 e. The highest BCUT2D eigenvalue weighted by Gasteiger charge is 2.28. The molecule has 2 aromatic rings. The maximum absolute atomic E-state index is 13.1. The van der Waals surface area contributed by atoms with Gasteiger partial charge in [-0.3, -0.25) is 10.0 Å². The third kappa shape index (κ3) is 5.59. The summed E-state index contributed by atoms with van der Waals surface area (Å²) in [5, 5.41) is 13.1. The SMILES string of the molecule is CC(C)N(Cc1ccccc1)Cc1cc(C(C)(C)C)c([O])c(C(C)(C)C)c1. The van der Waals surface area contributed by atoms with E-state index in [2.05, 4.69) is 103 Å². The van der Waals surface area contributed by atoms with E-state index in [9.17, 15) is 5.11 Å². The molecule has 1 radical (unpaired) electrons. The van der Waals surface area contributed by atoms with Gasteiger partial charge in [-0.15, -0.1) is 0 Å². The molecular weight excluding hydrogens is 330 g/mol. The van der Waals surface area contributed by atoms with Gasteiger partial charge in [-0.1, -0.05) is 84.0 Å². The van der Waals surface area contributed by atoms with Gasteiger partial charge in [-0.2, -0.15) is 0 Å². The summed E-state index contributed by atoms with van der Waals surface area (Å²) in [4.78, 5) is 2.47. The monoisotopic (exact) mass is 366 g/mol. The summed E-state index contributed by atoms with van der Waals surface area (Å²) >= 11 is 0. The molecule has 0 bridgehead atoms. The van der Waals surface area contributed by atoms with Gasteiger partial charge in [-0.25, -0.2) is 0 Å². The molecule has 0 fully saturated rings. The molecule has 0 N–H and O–H groups in total. The Morgan fingerprint density at radius 2 is 1.22 bits per heavy atom. The first kappa shape index (κ1) is 21.5. The zero-order chi connectivity index (χ0) is 20.4. The van der Waals surface area contributed by atoms with Crippen LogP contribution in [0.5, 0.6) is 5.75 Å². The minimum absolute atomic E-state index is 0.158. The molecule has 2 heteroatoms. The van der Waals surface area contributed by atoms with Crippen molar-refractivity contribution in [2.24, 2.45) is 0 Å². The Labute approximate surface area is 166 Å². The van der Waals surface area contributed by atoms with Crippen LogP contribution >= 0.6 is 0 Å². The molecule has 0 aliphatic rings. The van der Waals surface area contributed by atoms with E-state index in [-0.39, 0.29) is 16.6 Å². The Hall–Kier alpha value is -1.80. The summed E-state index contributed by atoms with van der Waals surface area (Å²) in [7, 11) is 0. The predicted molar refractivity (Wildman–Crippen MR) is 115 cm³/mol. The van der Waals surface area contributed by atoms with Crippen LogP contribution < -0.4 is 0 Å². The van der Waals surface area contributed by atoms with E-state index in [4.69, 9.17) is 0 Å². The molecular formula is C25H36NO. The van der Waals surface area contributed by atoms with Gasteiger partial charge in [0.2, 0.25) is 0 Å². The molecule has 0 spiro atoms. The normalized spacial score (nSPS) is 12.8. The molecule has 0 saturated heterocycles. The van der Waals surface area contributed by atoms with Gasteiger partial charge in [-0.05, 0) is 35.8 Å².